The summed E-state index contributed by atoms with van der Waals surface area (Å²) in [5.41, 5.74) is -0.929. The molecule has 1 saturated carbocycles. The van der Waals surface area contributed by atoms with Crippen molar-refractivity contribution in [3.8, 4) is 5.75 Å². The van der Waals surface area contributed by atoms with Crippen molar-refractivity contribution in [2.75, 3.05) is 13.2 Å². The van der Waals surface area contributed by atoms with Gasteiger partial charge in [-0.15, -0.1) is 6.58 Å². The molecule has 0 bridgehead atoms. The van der Waals surface area contributed by atoms with Crippen LogP contribution in [-0.4, -0.2) is 56.6 Å². The van der Waals surface area contributed by atoms with Crippen LogP contribution in [0.4, 0.5) is 0 Å². The molecule has 1 unspecified atom stereocenters. The predicted octanol–water partition coefficient (Wildman–Crippen LogP) is 2.07. The second-order valence-electron chi connectivity index (χ2n) is 6.52. The maximum atomic E-state index is 12.8. The third kappa shape index (κ3) is 4.20. The quantitative estimate of drug-likeness (QED) is 0.424. The van der Waals surface area contributed by atoms with E-state index in [1.165, 1.54) is 4.57 Å². The van der Waals surface area contributed by atoms with E-state index in [9.17, 15) is 14.7 Å². The molecule has 1 N–H and O–H groups in total. The highest BCUT2D eigenvalue weighted by Gasteiger charge is 2.31. The number of amidine groups is 1. The van der Waals surface area contributed by atoms with E-state index >= 15 is 0 Å². The molecular formula is C19H28N4O4. The van der Waals surface area contributed by atoms with Crippen LogP contribution >= 0.6 is 0 Å². The Balaban J connectivity index is 2.71. The molecule has 8 heteroatoms. The minimum absolute atomic E-state index is 0.175. The topological polar surface area (TPSA) is 97.0 Å². The molecule has 1 fully saturated rings. The number of ether oxygens (including phenoxy) is 1. The highest BCUT2D eigenvalue weighted by atomic mass is 16.5. The van der Waals surface area contributed by atoms with E-state index in [0.29, 0.717) is 18.4 Å². The summed E-state index contributed by atoms with van der Waals surface area (Å²) in [6.07, 6.45) is 4.90. The molecule has 0 aromatic carbocycles. The standard InChI is InChI=1S/C19H28N4O4/c1-6-12(4)20-17(23(7-2)13-10-9-11-13)16-21-14(19(25)26)15(27-8-3)18(24)22(16)5/h6,12-13H,1,7-11H2,2-5H3,(H,25,26). The van der Waals surface area contributed by atoms with Crippen LogP contribution < -0.4 is 10.3 Å². The fourth-order valence-electron chi connectivity index (χ4n) is 2.99. The maximum absolute atomic E-state index is 12.8. The predicted molar refractivity (Wildman–Crippen MR) is 104 cm³/mol. The van der Waals surface area contributed by atoms with Crippen LogP contribution in [0.3, 0.4) is 0 Å². The molecule has 0 aliphatic heterocycles. The molecule has 1 aromatic heterocycles. The summed E-state index contributed by atoms with van der Waals surface area (Å²) in [4.78, 5) is 35.5. The first-order valence-electron chi connectivity index (χ1n) is 9.30. The zero-order chi connectivity index (χ0) is 20.1. The number of carboxylic acids is 1. The van der Waals surface area contributed by atoms with Gasteiger partial charge in [0.15, 0.2) is 17.4 Å². The Hall–Kier alpha value is -2.64. The van der Waals surface area contributed by atoms with Gasteiger partial charge < -0.3 is 14.7 Å². The number of aromatic nitrogens is 2. The van der Waals surface area contributed by atoms with Crippen molar-refractivity contribution < 1.29 is 14.6 Å². The normalized spacial score (nSPS) is 15.8. The van der Waals surface area contributed by atoms with Crippen molar-refractivity contribution in [1.29, 1.82) is 0 Å². The van der Waals surface area contributed by atoms with Crippen molar-refractivity contribution in [3.63, 3.8) is 0 Å². The van der Waals surface area contributed by atoms with Crippen molar-refractivity contribution >= 4 is 11.8 Å². The molecular weight excluding hydrogens is 348 g/mol. The highest BCUT2D eigenvalue weighted by molar-refractivity contribution is 5.98. The summed E-state index contributed by atoms with van der Waals surface area (Å²) in [5, 5.41) is 9.54. The van der Waals surface area contributed by atoms with Gasteiger partial charge in [0, 0.05) is 19.6 Å². The Morgan fingerprint density at radius 2 is 2.19 bits per heavy atom. The van der Waals surface area contributed by atoms with Crippen LogP contribution in [0.5, 0.6) is 5.75 Å². The SMILES string of the molecule is C=CC(C)N=C(c1nc(C(=O)O)c(OCC)c(=O)n1C)N(CC)C1CCC1. The van der Waals surface area contributed by atoms with E-state index in [0.717, 1.165) is 19.3 Å². The molecule has 0 amide bonds. The van der Waals surface area contributed by atoms with Crippen molar-refractivity contribution in [3.05, 3.63) is 34.5 Å². The van der Waals surface area contributed by atoms with Crippen molar-refractivity contribution in [2.45, 2.75) is 52.1 Å². The lowest BCUT2D eigenvalue weighted by Crippen LogP contribution is -2.47. The number of hydrogen-bond donors (Lipinski definition) is 1. The molecule has 1 aromatic rings. The fourth-order valence-corrected chi connectivity index (χ4v) is 2.99. The summed E-state index contributed by atoms with van der Waals surface area (Å²) in [7, 11) is 1.56. The van der Waals surface area contributed by atoms with Crippen LogP contribution in [0, 0.1) is 0 Å². The Morgan fingerprint density at radius 1 is 1.52 bits per heavy atom. The van der Waals surface area contributed by atoms with Gasteiger partial charge >= 0.3 is 5.97 Å². The van der Waals surface area contributed by atoms with Crippen LogP contribution in [0.2, 0.25) is 0 Å². The van der Waals surface area contributed by atoms with Crippen LogP contribution in [-0.2, 0) is 7.05 Å². The van der Waals surface area contributed by atoms with Crippen molar-refractivity contribution in [1.82, 2.24) is 14.5 Å². The van der Waals surface area contributed by atoms with Gasteiger partial charge in [-0.2, -0.15) is 0 Å². The van der Waals surface area contributed by atoms with Crippen molar-refractivity contribution in [2.24, 2.45) is 12.0 Å². The van der Waals surface area contributed by atoms with Gasteiger partial charge in [-0.1, -0.05) is 6.08 Å². The van der Waals surface area contributed by atoms with Gasteiger partial charge in [0.25, 0.3) is 5.56 Å². The number of rotatable bonds is 8. The third-order valence-electron chi connectivity index (χ3n) is 4.74. The third-order valence-corrected chi connectivity index (χ3v) is 4.74. The first-order chi connectivity index (χ1) is 12.8. The van der Waals surface area contributed by atoms with E-state index in [1.54, 1.807) is 20.0 Å². The summed E-state index contributed by atoms with van der Waals surface area (Å²) in [6.45, 7) is 10.2. The number of aliphatic imine (C=N–C) groups is 1. The van der Waals surface area contributed by atoms with Crippen LogP contribution in [0.25, 0.3) is 0 Å². The molecule has 0 spiro atoms. The molecule has 1 heterocycles. The summed E-state index contributed by atoms with van der Waals surface area (Å²) in [6, 6.07) is 0.105. The van der Waals surface area contributed by atoms with Crippen LogP contribution in [0.15, 0.2) is 22.4 Å². The number of hydrogen-bond acceptors (Lipinski definition) is 5. The largest absolute Gasteiger partial charge is 0.486 e. The van der Waals surface area contributed by atoms with Gasteiger partial charge in [-0.3, -0.25) is 14.4 Å². The number of carbonyl (C=O) groups is 1. The second-order valence-corrected chi connectivity index (χ2v) is 6.52. The van der Waals surface area contributed by atoms with Gasteiger partial charge in [0.05, 0.1) is 12.6 Å². The molecule has 148 valence electrons. The summed E-state index contributed by atoms with van der Waals surface area (Å²) < 4.78 is 6.58. The second kappa shape index (κ2) is 8.83. The minimum Gasteiger partial charge on any atom is -0.486 e. The average molecular weight is 376 g/mol. The van der Waals surface area contributed by atoms with Crippen LogP contribution in [0.1, 0.15) is 56.3 Å². The molecule has 2 rings (SSSR count). The molecule has 1 atom stereocenters. The zero-order valence-electron chi connectivity index (χ0n) is 16.4. The average Bonchev–Trinajstić information content (AvgIpc) is 2.60. The monoisotopic (exact) mass is 376 g/mol. The highest BCUT2D eigenvalue weighted by Crippen LogP contribution is 2.26. The lowest BCUT2D eigenvalue weighted by Gasteiger charge is -2.39. The molecule has 1 aliphatic rings. The molecule has 8 nitrogen and oxygen atoms in total. The zero-order valence-corrected chi connectivity index (χ0v) is 16.4. The lowest BCUT2D eigenvalue weighted by molar-refractivity contribution is 0.0684. The fraction of sp³-hybridized carbons (Fsp3) is 0.579. The first kappa shape index (κ1) is 20.7. The maximum Gasteiger partial charge on any atom is 0.358 e. The Morgan fingerprint density at radius 3 is 2.63 bits per heavy atom. The van der Waals surface area contributed by atoms with E-state index < -0.39 is 17.2 Å². The lowest BCUT2D eigenvalue weighted by atomic mass is 9.91. The number of carboxylic acid groups (broad SMARTS) is 1. The van der Waals surface area contributed by atoms with Gasteiger partial charge in [-0.05, 0) is 40.0 Å². The molecule has 0 saturated heterocycles. The summed E-state index contributed by atoms with van der Waals surface area (Å²) in [5.74, 6) is -0.817. The number of aromatic carboxylic acids is 1. The van der Waals surface area contributed by atoms with Gasteiger partial charge in [0.2, 0.25) is 5.75 Å². The minimum atomic E-state index is -1.31. The van der Waals surface area contributed by atoms with E-state index in [4.69, 9.17) is 4.74 Å². The molecule has 1 aliphatic carbocycles. The molecule has 0 radical (unpaired) electrons. The first-order valence-corrected chi connectivity index (χ1v) is 9.30. The van der Waals surface area contributed by atoms with E-state index in [-0.39, 0.29) is 24.2 Å². The number of nitrogens with zero attached hydrogens (tertiary/aromatic N) is 4. The Kier molecular flexibility index (Phi) is 6.76. The van der Waals surface area contributed by atoms with Gasteiger partial charge in [-0.25, -0.2) is 9.78 Å². The Labute approximate surface area is 159 Å². The van der Waals surface area contributed by atoms with E-state index in [2.05, 4.69) is 21.5 Å². The smallest absolute Gasteiger partial charge is 0.358 e. The Bertz CT molecular complexity index is 796. The summed E-state index contributed by atoms with van der Waals surface area (Å²) >= 11 is 0. The van der Waals surface area contributed by atoms with E-state index in [1.807, 2.05) is 13.8 Å². The van der Waals surface area contributed by atoms with Gasteiger partial charge in [0.1, 0.15) is 0 Å². The molecule has 27 heavy (non-hydrogen) atoms.